The SMILES string of the molecule is CCCC(C#N)N(Cc1ccccc1)C(=O)Oc1ccccc1NC(=O)OC(C)CC. The highest BCUT2D eigenvalue weighted by Gasteiger charge is 2.26. The van der Waals surface area contributed by atoms with Gasteiger partial charge < -0.3 is 9.47 Å². The maximum atomic E-state index is 13.1. The summed E-state index contributed by atoms with van der Waals surface area (Å²) >= 11 is 0. The van der Waals surface area contributed by atoms with Crippen LogP contribution >= 0.6 is 0 Å². The van der Waals surface area contributed by atoms with Gasteiger partial charge in [0.25, 0.3) is 0 Å². The van der Waals surface area contributed by atoms with E-state index < -0.39 is 18.2 Å². The molecule has 7 heteroatoms. The van der Waals surface area contributed by atoms with Crippen LogP contribution in [0.25, 0.3) is 0 Å². The molecule has 164 valence electrons. The Labute approximate surface area is 183 Å². The zero-order chi connectivity index (χ0) is 22.6. The van der Waals surface area contributed by atoms with E-state index in [1.165, 1.54) is 4.90 Å². The van der Waals surface area contributed by atoms with Crippen LogP contribution in [0.4, 0.5) is 15.3 Å². The molecule has 0 aliphatic carbocycles. The highest BCUT2D eigenvalue weighted by atomic mass is 16.6. The fourth-order valence-corrected chi connectivity index (χ4v) is 2.86. The zero-order valence-corrected chi connectivity index (χ0v) is 18.2. The number of nitriles is 1. The molecule has 0 spiro atoms. The summed E-state index contributed by atoms with van der Waals surface area (Å²) in [6, 6.07) is 17.6. The van der Waals surface area contributed by atoms with Crippen LogP contribution in [0.2, 0.25) is 0 Å². The quantitative estimate of drug-likeness (QED) is 0.556. The van der Waals surface area contributed by atoms with Crippen molar-refractivity contribution in [1.82, 2.24) is 4.90 Å². The van der Waals surface area contributed by atoms with Gasteiger partial charge in [0.05, 0.1) is 18.3 Å². The zero-order valence-electron chi connectivity index (χ0n) is 18.2. The molecule has 7 nitrogen and oxygen atoms in total. The van der Waals surface area contributed by atoms with Crippen molar-refractivity contribution in [3.05, 3.63) is 60.2 Å². The van der Waals surface area contributed by atoms with E-state index in [0.29, 0.717) is 18.5 Å². The smallest absolute Gasteiger partial charge is 0.416 e. The molecule has 2 unspecified atom stereocenters. The second kappa shape index (κ2) is 12.2. The predicted octanol–water partition coefficient (Wildman–Crippen LogP) is 5.73. The van der Waals surface area contributed by atoms with E-state index in [0.717, 1.165) is 12.0 Å². The van der Waals surface area contributed by atoms with Crippen molar-refractivity contribution in [2.45, 2.75) is 58.7 Å². The van der Waals surface area contributed by atoms with Crippen LogP contribution in [0, 0.1) is 11.3 Å². The second-order valence-electron chi connectivity index (χ2n) is 7.16. The van der Waals surface area contributed by atoms with Crippen molar-refractivity contribution in [3.8, 4) is 11.8 Å². The molecule has 0 heterocycles. The molecule has 0 radical (unpaired) electrons. The van der Waals surface area contributed by atoms with Crippen LogP contribution < -0.4 is 10.1 Å². The maximum Gasteiger partial charge on any atom is 0.416 e. The van der Waals surface area contributed by atoms with Gasteiger partial charge in [-0.05, 0) is 37.5 Å². The van der Waals surface area contributed by atoms with Gasteiger partial charge in [0.1, 0.15) is 12.1 Å². The van der Waals surface area contributed by atoms with Gasteiger partial charge in [-0.15, -0.1) is 0 Å². The van der Waals surface area contributed by atoms with Crippen LogP contribution in [-0.4, -0.2) is 29.2 Å². The lowest BCUT2D eigenvalue weighted by Gasteiger charge is -2.27. The molecule has 2 rings (SSSR count). The summed E-state index contributed by atoms with van der Waals surface area (Å²) in [5, 5.41) is 12.2. The van der Waals surface area contributed by atoms with Crippen molar-refractivity contribution >= 4 is 17.9 Å². The number of para-hydroxylation sites is 2. The average Bonchev–Trinajstić information content (AvgIpc) is 2.77. The summed E-state index contributed by atoms with van der Waals surface area (Å²) in [5.41, 5.74) is 1.20. The Morgan fingerprint density at radius 3 is 2.42 bits per heavy atom. The van der Waals surface area contributed by atoms with Crippen LogP contribution in [-0.2, 0) is 11.3 Å². The molecular weight excluding hydrogens is 394 g/mol. The second-order valence-corrected chi connectivity index (χ2v) is 7.16. The van der Waals surface area contributed by atoms with E-state index in [9.17, 15) is 14.9 Å². The Balaban J connectivity index is 2.21. The third-order valence-corrected chi connectivity index (χ3v) is 4.72. The molecule has 2 aromatic rings. The monoisotopic (exact) mass is 423 g/mol. The molecule has 2 amide bonds. The molecule has 0 fully saturated rings. The number of rotatable bonds is 9. The molecule has 0 saturated heterocycles. The first-order valence-electron chi connectivity index (χ1n) is 10.5. The summed E-state index contributed by atoms with van der Waals surface area (Å²) in [5.74, 6) is 0.180. The number of ether oxygens (including phenoxy) is 2. The Morgan fingerprint density at radius 2 is 1.77 bits per heavy atom. The molecule has 0 aliphatic rings. The highest BCUT2D eigenvalue weighted by Crippen LogP contribution is 2.26. The molecule has 0 saturated carbocycles. The van der Waals surface area contributed by atoms with Crippen LogP contribution in [0.3, 0.4) is 0 Å². The Bertz CT molecular complexity index is 895. The summed E-state index contributed by atoms with van der Waals surface area (Å²) in [6.45, 7) is 5.90. The van der Waals surface area contributed by atoms with Crippen molar-refractivity contribution in [1.29, 1.82) is 5.26 Å². The van der Waals surface area contributed by atoms with Gasteiger partial charge in [-0.2, -0.15) is 5.26 Å². The number of anilines is 1. The minimum atomic E-state index is -0.659. The molecule has 31 heavy (non-hydrogen) atoms. The Morgan fingerprint density at radius 1 is 1.10 bits per heavy atom. The van der Waals surface area contributed by atoms with Crippen LogP contribution in [0.5, 0.6) is 5.75 Å². The van der Waals surface area contributed by atoms with Crippen molar-refractivity contribution in [2.24, 2.45) is 0 Å². The normalized spacial score (nSPS) is 12.2. The number of hydrogen-bond acceptors (Lipinski definition) is 5. The predicted molar refractivity (Wildman–Crippen MR) is 119 cm³/mol. The molecule has 0 bridgehead atoms. The molecule has 2 atom stereocenters. The van der Waals surface area contributed by atoms with Crippen LogP contribution in [0.1, 0.15) is 45.6 Å². The van der Waals surface area contributed by atoms with Gasteiger partial charge in [-0.3, -0.25) is 10.2 Å². The highest BCUT2D eigenvalue weighted by molar-refractivity contribution is 5.87. The van der Waals surface area contributed by atoms with Gasteiger partial charge in [-0.25, -0.2) is 9.59 Å². The van der Waals surface area contributed by atoms with Gasteiger partial charge in [-0.1, -0.05) is 62.7 Å². The maximum absolute atomic E-state index is 13.1. The third-order valence-electron chi connectivity index (χ3n) is 4.72. The lowest BCUT2D eigenvalue weighted by atomic mass is 10.1. The van der Waals surface area contributed by atoms with E-state index in [4.69, 9.17) is 9.47 Å². The first-order valence-corrected chi connectivity index (χ1v) is 10.5. The average molecular weight is 424 g/mol. The van der Waals surface area contributed by atoms with Crippen molar-refractivity contribution in [2.75, 3.05) is 5.32 Å². The number of hydrogen-bond donors (Lipinski definition) is 1. The number of nitrogens with one attached hydrogen (secondary N) is 1. The minimum Gasteiger partial charge on any atom is -0.446 e. The minimum absolute atomic E-state index is 0.180. The molecular formula is C24H29N3O4. The van der Waals surface area contributed by atoms with Crippen molar-refractivity contribution < 1.29 is 19.1 Å². The standard InChI is InChI=1S/C24H29N3O4/c1-4-11-20(16-25)27(17-19-12-7-6-8-13-19)24(29)31-22-15-10-9-14-21(22)26-23(28)30-18(3)5-2/h6-10,12-15,18,20H,4-5,11,17H2,1-3H3,(H,26,28). The topological polar surface area (TPSA) is 91.7 Å². The van der Waals surface area contributed by atoms with E-state index in [-0.39, 0.29) is 18.4 Å². The largest absolute Gasteiger partial charge is 0.446 e. The molecule has 1 N–H and O–H groups in total. The lowest BCUT2D eigenvalue weighted by Crippen LogP contribution is -2.41. The number of carbonyl (C=O) groups is 2. The van der Waals surface area contributed by atoms with E-state index in [1.807, 2.05) is 44.2 Å². The van der Waals surface area contributed by atoms with Gasteiger partial charge in [0.15, 0.2) is 5.75 Å². The van der Waals surface area contributed by atoms with Crippen LogP contribution in [0.15, 0.2) is 54.6 Å². The number of carbonyl (C=O) groups excluding carboxylic acids is 2. The number of benzene rings is 2. The first kappa shape index (κ1) is 23.7. The van der Waals surface area contributed by atoms with Gasteiger partial charge >= 0.3 is 12.2 Å². The summed E-state index contributed by atoms with van der Waals surface area (Å²) < 4.78 is 10.8. The first-order chi connectivity index (χ1) is 15.0. The van der Waals surface area contributed by atoms with Gasteiger partial charge in [0.2, 0.25) is 0 Å². The van der Waals surface area contributed by atoms with E-state index >= 15 is 0 Å². The van der Waals surface area contributed by atoms with Crippen molar-refractivity contribution in [3.63, 3.8) is 0 Å². The molecule has 0 aromatic heterocycles. The third kappa shape index (κ3) is 7.34. The Hall–Kier alpha value is -3.53. The summed E-state index contributed by atoms with van der Waals surface area (Å²) in [6.07, 6.45) is 0.441. The fraction of sp³-hybridized carbons (Fsp3) is 0.375. The lowest BCUT2D eigenvalue weighted by molar-refractivity contribution is 0.118. The Kier molecular flexibility index (Phi) is 9.37. The number of nitrogens with zero attached hydrogens (tertiary/aromatic N) is 2. The molecule has 2 aromatic carbocycles. The summed E-state index contributed by atoms with van der Waals surface area (Å²) in [7, 11) is 0. The summed E-state index contributed by atoms with van der Waals surface area (Å²) in [4.78, 5) is 26.6. The number of amides is 2. The molecule has 0 aliphatic heterocycles. The van der Waals surface area contributed by atoms with E-state index in [2.05, 4.69) is 11.4 Å². The van der Waals surface area contributed by atoms with Gasteiger partial charge in [0, 0.05) is 0 Å². The fourth-order valence-electron chi connectivity index (χ4n) is 2.86. The van der Waals surface area contributed by atoms with E-state index in [1.54, 1.807) is 31.2 Å².